The zero-order valence-corrected chi connectivity index (χ0v) is 6.96. The van der Waals surface area contributed by atoms with Gasteiger partial charge in [-0.05, 0) is 24.6 Å². The second-order valence-corrected chi connectivity index (χ2v) is 3.10. The standard InChI is InChI=1S/C9H13N3/c10-4-3-7-6-12-9-8(7)2-1-5-11-9/h1-2,5,7H,3-4,6,10H2,(H,11,12). The Morgan fingerprint density at radius 1 is 1.67 bits per heavy atom. The Morgan fingerprint density at radius 3 is 3.42 bits per heavy atom. The van der Waals surface area contributed by atoms with Gasteiger partial charge >= 0.3 is 0 Å². The number of hydrogen-bond donors (Lipinski definition) is 2. The minimum atomic E-state index is 0.568. The van der Waals surface area contributed by atoms with E-state index in [2.05, 4.69) is 16.4 Å². The Labute approximate surface area is 72.0 Å². The maximum atomic E-state index is 5.52. The van der Waals surface area contributed by atoms with Crippen LogP contribution in [0, 0.1) is 0 Å². The van der Waals surface area contributed by atoms with Gasteiger partial charge in [-0.2, -0.15) is 0 Å². The van der Waals surface area contributed by atoms with Crippen LogP contribution in [-0.2, 0) is 0 Å². The Morgan fingerprint density at radius 2 is 2.58 bits per heavy atom. The molecule has 1 aromatic heterocycles. The average molecular weight is 163 g/mol. The summed E-state index contributed by atoms with van der Waals surface area (Å²) in [5.41, 5.74) is 6.84. The van der Waals surface area contributed by atoms with Gasteiger partial charge in [-0.1, -0.05) is 6.07 Å². The van der Waals surface area contributed by atoms with Crippen molar-refractivity contribution in [1.82, 2.24) is 4.98 Å². The number of pyridine rings is 1. The van der Waals surface area contributed by atoms with Gasteiger partial charge in [-0.3, -0.25) is 0 Å². The van der Waals surface area contributed by atoms with Gasteiger partial charge in [0.25, 0.3) is 0 Å². The molecule has 0 saturated carbocycles. The normalized spacial score (nSPS) is 20.2. The molecule has 64 valence electrons. The topological polar surface area (TPSA) is 50.9 Å². The zero-order valence-electron chi connectivity index (χ0n) is 6.96. The maximum absolute atomic E-state index is 5.52. The van der Waals surface area contributed by atoms with Gasteiger partial charge in [0.2, 0.25) is 0 Å². The summed E-state index contributed by atoms with van der Waals surface area (Å²) in [4.78, 5) is 4.24. The highest BCUT2D eigenvalue weighted by Gasteiger charge is 2.21. The number of hydrogen-bond acceptors (Lipinski definition) is 3. The number of rotatable bonds is 2. The molecule has 0 aliphatic carbocycles. The summed E-state index contributed by atoms with van der Waals surface area (Å²) in [7, 11) is 0. The number of nitrogens with one attached hydrogen (secondary N) is 1. The van der Waals surface area contributed by atoms with Crippen molar-refractivity contribution < 1.29 is 0 Å². The van der Waals surface area contributed by atoms with E-state index in [1.807, 2.05) is 12.3 Å². The van der Waals surface area contributed by atoms with Gasteiger partial charge in [-0.25, -0.2) is 4.98 Å². The van der Waals surface area contributed by atoms with Crippen molar-refractivity contribution in [3.63, 3.8) is 0 Å². The minimum Gasteiger partial charge on any atom is -0.369 e. The molecule has 3 nitrogen and oxygen atoms in total. The lowest BCUT2D eigenvalue weighted by Gasteiger charge is -2.06. The number of nitrogens with zero attached hydrogens (tertiary/aromatic N) is 1. The Hall–Kier alpha value is -1.09. The molecule has 0 bridgehead atoms. The van der Waals surface area contributed by atoms with Gasteiger partial charge in [0.1, 0.15) is 5.82 Å². The summed E-state index contributed by atoms with van der Waals surface area (Å²) in [6.07, 6.45) is 2.86. The van der Waals surface area contributed by atoms with Crippen LogP contribution in [0.15, 0.2) is 18.3 Å². The quantitative estimate of drug-likeness (QED) is 0.682. The summed E-state index contributed by atoms with van der Waals surface area (Å²) < 4.78 is 0. The van der Waals surface area contributed by atoms with E-state index < -0.39 is 0 Å². The van der Waals surface area contributed by atoms with E-state index in [1.165, 1.54) is 5.56 Å². The number of aromatic nitrogens is 1. The van der Waals surface area contributed by atoms with Crippen molar-refractivity contribution in [3.8, 4) is 0 Å². The van der Waals surface area contributed by atoms with E-state index in [1.54, 1.807) is 0 Å². The first-order valence-corrected chi connectivity index (χ1v) is 4.30. The van der Waals surface area contributed by atoms with Crippen molar-refractivity contribution in [2.45, 2.75) is 12.3 Å². The maximum Gasteiger partial charge on any atom is 0.129 e. The number of fused-ring (bicyclic) bond motifs is 1. The molecular formula is C9H13N3. The van der Waals surface area contributed by atoms with Gasteiger partial charge in [0, 0.05) is 18.7 Å². The molecule has 2 heterocycles. The summed E-state index contributed by atoms with van der Waals surface area (Å²) >= 11 is 0. The summed E-state index contributed by atoms with van der Waals surface area (Å²) in [5, 5.41) is 3.27. The Balaban J connectivity index is 2.24. The fraction of sp³-hybridized carbons (Fsp3) is 0.444. The number of nitrogens with two attached hydrogens (primary N) is 1. The van der Waals surface area contributed by atoms with E-state index in [0.717, 1.165) is 25.3 Å². The van der Waals surface area contributed by atoms with Gasteiger partial charge in [0.15, 0.2) is 0 Å². The molecule has 3 heteroatoms. The Kier molecular flexibility index (Phi) is 1.96. The van der Waals surface area contributed by atoms with Crippen LogP contribution >= 0.6 is 0 Å². The average Bonchev–Trinajstić information content (AvgIpc) is 2.50. The largest absolute Gasteiger partial charge is 0.369 e. The van der Waals surface area contributed by atoms with Crippen molar-refractivity contribution in [2.24, 2.45) is 5.73 Å². The van der Waals surface area contributed by atoms with E-state index in [4.69, 9.17) is 5.73 Å². The highest BCUT2D eigenvalue weighted by molar-refractivity contribution is 5.51. The fourth-order valence-electron chi connectivity index (χ4n) is 1.68. The summed E-state index contributed by atoms with van der Waals surface area (Å²) in [6, 6.07) is 4.11. The lowest BCUT2D eigenvalue weighted by molar-refractivity contribution is 0.685. The second kappa shape index (κ2) is 3.11. The predicted molar refractivity (Wildman–Crippen MR) is 49.1 cm³/mol. The molecular weight excluding hydrogens is 150 g/mol. The highest BCUT2D eigenvalue weighted by atomic mass is 15.0. The first kappa shape index (κ1) is 7.55. The van der Waals surface area contributed by atoms with E-state index in [0.29, 0.717) is 5.92 Å². The summed E-state index contributed by atoms with van der Waals surface area (Å²) in [5.74, 6) is 1.61. The zero-order chi connectivity index (χ0) is 8.39. The summed E-state index contributed by atoms with van der Waals surface area (Å²) in [6.45, 7) is 1.74. The van der Waals surface area contributed by atoms with Crippen LogP contribution in [0.3, 0.4) is 0 Å². The van der Waals surface area contributed by atoms with Crippen LogP contribution in [0.5, 0.6) is 0 Å². The van der Waals surface area contributed by atoms with Gasteiger partial charge in [0.05, 0.1) is 0 Å². The molecule has 12 heavy (non-hydrogen) atoms. The first-order chi connectivity index (χ1) is 5.92. The predicted octanol–water partition coefficient (Wildman–Crippen LogP) is 0.939. The first-order valence-electron chi connectivity index (χ1n) is 4.30. The van der Waals surface area contributed by atoms with Crippen molar-refractivity contribution >= 4 is 5.82 Å². The molecule has 1 atom stereocenters. The molecule has 3 N–H and O–H groups in total. The van der Waals surface area contributed by atoms with Gasteiger partial charge < -0.3 is 11.1 Å². The molecule has 2 rings (SSSR count). The van der Waals surface area contributed by atoms with Crippen molar-refractivity contribution in [3.05, 3.63) is 23.9 Å². The van der Waals surface area contributed by atoms with Crippen LogP contribution < -0.4 is 11.1 Å². The molecule has 1 unspecified atom stereocenters. The molecule has 0 fully saturated rings. The van der Waals surface area contributed by atoms with E-state index in [9.17, 15) is 0 Å². The lowest BCUT2D eigenvalue weighted by Crippen LogP contribution is -2.08. The van der Waals surface area contributed by atoms with E-state index in [-0.39, 0.29) is 0 Å². The molecule has 0 saturated heterocycles. The van der Waals surface area contributed by atoms with Gasteiger partial charge in [-0.15, -0.1) is 0 Å². The third-order valence-corrected chi connectivity index (χ3v) is 2.31. The van der Waals surface area contributed by atoms with E-state index >= 15 is 0 Å². The second-order valence-electron chi connectivity index (χ2n) is 3.10. The van der Waals surface area contributed by atoms with Crippen molar-refractivity contribution in [1.29, 1.82) is 0 Å². The third-order valence-electron chi connectivity index (χ3n) is 2.31. The fourth-order valence-corrected chi connectivity index (χ4v) is 1.68. The molecule has 0 amide bonds. The van der Waals surface area contributed by atoms with Crippen molar-refractivity contribution in [2.75, 3.05) is 18.4 Å². The highest BCUT2D eigenvalue weighted by Crippen LogP contribution is 2.30. The molecule has 1 aliphatic rings. The lowest BCUT2D eigenvalue weighted by atomic mass is 10.00. The Bertz CT molecular complexity index is 270. The van der Waals surface area contributed by atoms with Crippen LogP contribution in [0.25, 0.3) is 0 Å². The molecule has 0 aromatic carbocycles. The third kappa shape index (κ3) is 1.16. The SMILES string of the molecule is NCCC1CNc2ncccc21. The van der Waals surface area contributed by atoms with Crippen LogP contribution in [0.4, 0.5) is 5.82 Å². The molecule has 1 aliphatic heterocycles. The number of anilines is 1. The minimum absolute atomic E-state index is 0.568. The van der Waals surface area contributed by atoms with Crippen LogP contribution in [-0.4, -0.2) is 18.1 Å². The molecule has 0 spiro atoms. The molecule has 1 aromatic rings. The van der Waals surface area contributed by atoms with Crippen LogP contribution in [0.1, 0.15) is 17.9 Å². The smallest absolute Gasteiger partial charge is 0.129 e. The molecule has 0 radical (unpaired) electrons. The van der Waals surface area contributed by atoms with Crippen LogP contribution in [0.2, 0.25) is 0 Å². The monoisotopic (exact) mass is 163 g/mol.